The maximum absolute atomic E-state index is 14.5. The van der Waals surface area contributed by atoms with Crippen LogP contribution in [0, 0.1) is 15.5 Å². The van der Waals surface area contributed by atoms with Crippen molar-refractivity contribution in [3.63, 3.8) is 0 Å². The Bertz CT molecular complexity index is 2400. The Labute approximate surface area is 373 Å². The van der Waals surface area contributed by atoms with Crippen LogP contribution in [0.3, 0.4) is 0 Å². The quantitative estimate of drug-likeness (QED) is 0.0452. The van der Waals surface area contributed by atoms with Crippen LogP contribution in [0.25, 0.3) is 5.57 Å². The number of halogens is 2. The summed E-state index contributed by atoms with van der Waals surface area (Å²) in [7, 11) is -4.77. The fourth-order valence-electron chi connectivity index (χ4n) is 8.28. The van der Waals surface area contributed by atoms with Crippen LogP contribution in [0.2, 0.25) is 10.0 Å². The number of nitrogens with one attached hydrogen (secondary N) is 2. The van der Waals surface area contributed by atoms with Gasteiger partial charge in [0.2, 0.25) is 0 Å². The number of amides is 1. The lowest BCUT2D eigenvalue weighted by molar-refractivity contribution is -0.383. The molecule has 0 unspecified atom stereocenters. The molecule has 0 aromatic heterocycles. The molecule has 4 aromatic carbocycles. The molecule has 0 atom stereocenters. The van der Waals surface area contributed by atoms with Gasteiger partial charge in [-0.25, -0.2) is 13.1 Å². The Hall–Kier alpha value is -4.90. The van der Waals surface area contributed by atoms with Crippen LogP contribution in [-0.2, 0) is 14.8 Å². The third-order valence-corrected chi connectivity index (χ3v) is 13.6. The van der Waals surface area contributed by atoms with Crippen LogP contribution in [0.5, 0.6) is 11.5 Å². The first-order chi connectivity index (χ1) is 29.7. The van der Waals surface area contributed by atoms with Gasteiger partial charge in [-0.2, -0.15) is 0 Å². The third kappa shape index (κ3) is 11.0. The minimum absolute atomic E-state index is 0.00160. The van der Waals surface area contributed by atoms with Gasteiger partial charge in [-0.15, -0.1) is 0 Å². The highest BCUT2D eigenvalue weighted by Crippen LogP contribution is 2.49. The van der Waals surface area contributed by atoms with Crippen molar-refractivity contribution < 1.29 is 27.6 Å². The third-order valence-electron chi connectivity index (χ3n) is 11.7. The van der Waals surface area contributed by atoms with Crippen molar-refractivity contribution in [2.75, 3.05) is 88.1 Å². The zero-order valence-electron chi connectivity index (χ0n) is 35.0. The van der Waals surface area contributed by atoms with Crippen molar-refractivity contribution in [1.29, 1.82) is 0 Å². The summed E-state index contributed by atoms with van der Waals surface area (Å²) < 4.78 is 43.0. The molecule has 0 saturated carbocycles. The lowest BCUT2D eigenvalue weighted by atomic mass is 9.72. The number of piperazine rings is 1. The van der Waals surface area contributed by atoms with Gasteiger partial charge < -0.3 is 25.4 Å². The number of sulfonamides is 1. The number of benzene rings is 4. The van der Waals surface area contributed by atoms with Gasteiger partial charge in [-0.1, -0.05) is 73.0 Å². The van der Waals surface area contributed by atoms with Crippen molar-refractivity contribution in [3.05, 3.63) is 116 Å². The van der Waals surface area contributed by atoms with Gasteiger partial charge in [0, 0.05) is 75.1 Å². The Morgan fingerprint density at radius 3 is 2.34 bits per heavy atom. The molecule has 0 spiro atoms. The number of ether oxygens (including phenoxy) is 2. The normalized spacial score (nSPS) is 17.5. The van der Waals surface area contributed by atoms with Gasteiger partial charge >= 0.3 is 5.69 Å². The minimum Gasteiger partial charge on any atom is -0.455 e. The van der Waals surface area contributed by atoms with E-state index in [1.54, 1.807) is 23.1 Å². The van der Waals surface area contributed by atoms with Crippen LogP contribution in [0.1, 0.15) is 55.5 Å². The summed E-state index contributed by atoms with van der Waals surface area (Å²) in [5.41, 5.74) is 9.66. The number of carbonyl (C=O) groups excluding carboxylic acids is 1. The average molecular weight is 907 g/mol. The number of carbonyl (C=O) groups is 1. The Balaban J connectivity index is 1.26. The Morgan fingerprint density at radius 1 is 0.952 bits per heavy atom. The van der Waals surface area contributed by atoms with E-state index in [1.165, 1.54) is 47.5 Å². The zero-order valence-corrected chi connectivity index (χ0v) is 37.3. The molecule has 2 aliphatic heterocycles. The van der Waals surface area contributed by atoms with Crippen LogP contribution in [0.15, 0.2) is 89.3 Å². The van der Waals surface area contributed by atoms with Gasteiger partial charge in [0.05, 0.1) is 28.8 Å². The number of nitro groups is 1. The molecule has 1 amide bonds. The summed E-state index contributed by atoms with van der Waals surface area (Å²) in [5, 5.41) is 17.6. The van der Waals surface area contributed by atoms with Gasteiger partial charge in [-0.05, 0) is 85.2 Å². The largest absolute Gasteiger partial charge is 0.455 e. The summed E-state index contributed by atoms with van der Waals surface area (Å²) in [6.45, 7) is 10.7. The molecule has 7 rings (SSSR count). The summed E-state index contributed by atoms with van der Waals surface area (Å²) in [6.07, 6.45) is 3.52. The van der Waals surface area contributed by atoms with Gasteiger partial charge in [-0.3, -0.25) is 24.7 Å². The molecule has 1 aliphatic carbocycles. The molecule has 62 heavy (non-hydrogen) atoms. The summed E-state index contributed by atoms with van der Waals surface area (Å²) in [5.74, 6) is -0.852. The molecule has 4 aromatic rings. The first-order valence-corrected chi connectivity index (χ1v) is 23.1. The number of morpholine rings is 1. The van der Waals surface area contributed by atoms with E-state index in [0.29, 0.717) is 57.4 Å². The van der Waals surface area contributed by atoms with Crippen LogP contribution in [0.4, 0.5) is 22.7 Å². The number of hydrogen-bond donors (Lipinski definition) is 3. The molecular weight excluding hydrogens is 854 g/mol. The summed E-state index contributed by atoms with van der Waals surface area (Å²) >= 11 is 12.6. The van der Waals surface area contributed by atoms with Crippen LogP contribution >= 0.6 is 23.2 Å². The highest BCUT2D eigenvalue weighted by atomic mass is 35.5. The van der Waals surface area contributed by atoms with Crippen molar-refractivity contribution >= 4 is 67.5 Å². The van der Waals surface area contributed by atoms with E-state index in [2.05, 4.69) is 45.8 Å². The fraction of sp³-hybridized carbons (Fsp3) is 0.400. The first-order valence-electron chi connectivity index (χ1n) is 20.9. The van der Waals surface area contributed by atoms with E-state index < -0.39 is 31.4 Å². The van der Waals surface area contributed by atoms with E-state index in [9.17, 15) is 23.3 Å². The van der Waals surface area contributed by atoms with E-state index >= 15 is 0 Å². The van der Waals surface area contributed by atoms with Crippen molar-refractivity contribution in [3.8, 4) is 11.5 Å². The Kier molecular flexibility index (Phi) is 14.3. The monoisotopic (exact) mass is 905 g/mol. The van der Waals surface area contributed by atoms with Crippen molar-refractivity contribution in [1.82, 2.24) is 14.5 Å². The summed E-state index contributed by atoms with van der Waals surface area (Å²) in [4.78, 5) is 32.2. The number of allylic oxidation sites excluding steroid dienone is 1. The van der Waals surface area contributed by atoms with Gasteiger partial charge in [0.25, 0.3) is 15.9 Å². The number of nitrogens with two attached hydrogens (primary N) is 1. The molecular formula is C45H53Cl2N7O7S. The maximum Gasteiger partial charge on any atom is 0.320 e. The molecule has 3 aliphatic rings. The SMILES string of the molecule is CC1(C)CCC(CN2CCN(c3c(S(=O)(=O)NC(=O)c4ccccc4)cc(Oc4ccc(N)c(Cl)c4)c(NCCCN4CCOCC4)c3[N+](=O)[O-])CC2)=C(c2ccc(Cl)cc2)C1. The number of nitro benzene ring substituents is 1. The average Bonchev–Trinajstić information content (AvgIpc) is 3.25. The van der Waals surface area contributed by atoms with Crippen molar-refractivity contribution in [2.45, 2.75) is 44.4 Å². The molecule has 14 nitrogen and oxygen atoms in total. The van der Waals surface area contributed by atoms with E-state index in [4.69, 9.17) is 38.4 Å². The van der Waals surface area contributed by atoms with E-state index in [1.807, 2.05) is 12.1 Å². The lowest BCUT2D eigenvalue weighted by Gasteiger charge is -2.39. The second-order valence-corrected chi connectivity index (χ2v) is 19.2. The number of rotatable bonds is 15. The molecule has 2 heterocycles. The maximum atomic E-state index is 14.5. The topological polar surface area (TPSA) is 173 Å². The number of hydrogen-bond acceptors (Lipinski definition) is 12. The molecule has 2 saturated heterocycles. The molecule has 0 bridgehead atoms. The Morgan fingerprint density at radius 2 is 1.66 bits per heavy atom. The van der Waals surface area contributed by atoms with Crippen LogP contribution < -0.4 is 25.4 Å². The standard InChI is InChI=1S/C45H53Cl2N7O7S/c1-45(2)16-15-33(36(29-45)31-9-11-34(46)12-10-31)30-52-19-21-53(22-20-52)42-40(62(58,59)50-44(55)32-7-4-3-5-8-32)28-39(61-35-13-14-38(48)37(47)27-35)41(43(42)54(56)57)49-17-6-18-51-23-25-60-26-24-51/h3-5,7-14,27-28,49H,6,15-26,29-30,48H2,1-2H3,(H,50,55). The smallest absolute Gasteiger partial charge is 0.320 e. The highest BCUT2D eigenvalue weighted by molar-refractivity contribution is 7.90. The van der Waals surface area contributed by atoms with Crippen molar-refractivity contribution in [2.24, 2.45) is 5.41 Å². The number of anilines is 3. The van der Waals surface area contributed by atoms with Gasteiger partial charge in [0.15, 0.2) is 11.4 Å². The first kappa shape index (κ1) is 45.1. The minimum atomic E-state index is -4.77. The van der Waals surface area contributed by atoms with Gasteiger partial charge in [0.1, 0.15) is 16.3 Å². The molecule has 330 valence electrons. The second-order valence-electron chi connectivity index (χ2n) is 16.7. The zero-order chi connectivity index (χ0) is 44.0. The number of nitrogen functional groups attached to an aromatic ring is 1. The van der Waals surface area contributed by atoms with Crippen LogP contribution in [-0.4, -0.2) is 101 Å². The predicted octanol–water partition coefficient (Wildman–Crippen LogP) is 8.31. The number of nitrogens with zero attached hydrogens (tertiary/aromatic N) is 4. The molecule has 17 heteroatoms. The van der Waals surface area contributed by atoms with E-state index in [0.717, 1.165) is 37.9 Å². The highest BCUT2D eigenvalue weighted by Gasteiger charge is 2.38. The fourth-order valence-corrected chi connectivity index (χ4v) is 9.79. The van der Waals surface area contributed by atoms with E-state index in [-0.39, 0.29) is 57.7 Å². The molecule has 2 fully saturated rings. The second kappa shape index (κ2) is 19.7. The lowest BCUT2D eigenvalue weighted by Crippen LogP contribution is -2.48. The molecule has 0 radical (unpaired) electrons. The predicted molar refractivity (Wildman–Crippen MR) is 245 cm³/mol. The summed E-state index contributed by atoms with van der Waals surface area (Å²) in [6, 6.07) is 21.6. The molecule has 4 N–H and O–H groups in total.